The summed E-state index contributed by atoms with van der Waals surface area (Å²) in [5.74, 6) is 0.684. The van der Waals surface area contributed by atoms with Crippen molar-refractivity contribution in [2.75, 3.05) is 23.3 Å². The fourth-order valence-corrected chi connectivity index (χ4v) is 5.63. The molecule has 4 aromatic rings. The van der Waals surface area contributed by atoms with Gasteiger partial charge in [0, 0.05) is 35.5 Å². The number of nitrogens with one attached hydrogen (secondary N) is 1. The van der Waals surface area contributed by atoms with Crippen molar-refractivity contribution in [1.29, 1.82) is 0 Å². The van der Waals surface area contributed by atoms with Gasteiger partial charge in [-0.15, -0.1) is 0 Å². The quantitative estimate of drug-likeness (QED) is 0.248. The third-order valence-electron chi connectivity index (χ3n) is 7.97. The van der Waals surface area contributed by atoms with Crippen LogP contribution < -0.4 is 15.6 Å². The Labute approximate surface area is 234 Å². The zero-order valence-corrected chi connectivity index (χ0v) is 24.0. The van der Waals surface area contributed by atoms with Gasteiger partial charge in [-0.3, -0.25) is 9.59 Å². The van der Waals surface area contributed by atoms with Crippen LogP contribution in [0.15, 0.2) is 63.8 Å². The molecule has 5 nitrogen and oxygen atoms in total. The molecule has 1 saturated heterocycles. The first-order chi connectivity index (χ1) is 18.6. The highest BCUT2D eigenvalue weighted by atomic mass is 35.5. The van der Waals surface area contributed by atoms with E-state index in [0.717, 1.165) is 60.2 Å². The summed E-state index contributed by atoms with van der Waals surface area (Å²) < 4.78 is 6.62. The van der Waals surface area contributed by atoms with Gasteiger partial charge in [0.2, 0.25) is 5.88 Å². The van der Waals surface area contributed by atoms with Gasteiger partial charge in [0.05, 0.1) is 22.0 Å². The molecule has 1 fully saturated rings. The molecule has 0 saturated carbocycles. The number of anilines is 2. The number of halogens is 1. The molecule has 5 rings (SSSR count). The van der Waals surface area contributed by atoms with Crippen LogP contribution in [0.4, 0.5) is 11.6 Å². The number of aryl methyl sites for hydroxylation is 1. The van der Waals surface area contributed by atoms with Crippen molar-refractivity contribution in [1.82, 2.24) is 0 Å². The maximum Gasteiger partial charge on any atom is 0.202 e. The molecule has 202 valence electrons. The Morgan fingerprint density at radius 1 is 1.05 bits per heavy atom. The van der Waals surface area contributed by atoms with Crippen LogP contribution in [0.3, 0.4) is 0 Å². The molecule has 1 aliphatic rings. The van der Waals surface area contributed by atoms with Crippen LogP contribution in [0.2, 0.25) is 5.02 Å². The van der Waals surface area contributed by atoms with Crippen molar-refractivity contribution in [3.8, 4) is 11.1 Å². The fourth-order valence-electron chi connectivity index (χ4n) is 5.47. The van der Waals surface area contributed by atoms with Crippen LogP contribution in [-0.4, -0.2) is 19.4 Å². The molecule has 2 heterocycles. The van der Waals surface area contributed by atoms with E-state index in [1.165, 1.54) is 0 Å². The molecule has 0 amide bonds. The standard InChI is InChI=1S/C33H35ClN2O3/c1-20-16-26(22(3)35-29-9-7-6-8-25(29)23-10-11-28(34)24(18-23)19-37)31-27(17-20)30(38)21(2)32(39-31)36-14-12-33(4,5)13-15-36/h6-11,16-19,22,35H,12-15H2,1-5H3/t22-/m1/s1. The number of fused-ring (bicyclic) bond motifs is 1. The second-order valence-electron chi connectivity index (χ2n) is 11.5. The first-order valence-corrected chi connectivity index (χ1v) is 13.9. The van der Waals surface area contributed by atoms with Crippen LogP contribution in [0.25, 0.3) is 22.1 Å². The summed E-state index contributed by atoms with van der Waals surface area (Å²) in [6.07, 6.45) is 2.88. The second kappa shape index (κ2) is 10.5. The number of hydrogen-bond donors (Lipinski definition) is 1. The highest BCUT2D eigenvalue weighted by Crippen LogP contribution is 2.37. The first kappa shape index (κ1) is 27.0. The van der Waals surface area contributed by atoms with Crippen molar-refractivity contribution >= 4 is 40.4 Å². The SMILES string of the molecule is Cc1cc([C@@H](C)Nc2ccccc2-c2ccc(Cl)c(C=O)c2)c2oc(N3CCC(C)(C)CC3)c(C)c(=O)c2c1. The molecule has 0 spiro atoms. The molecule has 1 aromatic heterocycles. The van der Waals surface area contributed by atoms with Gasteiger partial charge >= 0.3 is 0 Å². The zero-order chi connectivity index (χ0) is 27.9. The van der Waals surface area contributed by atoms with Gasteiger partial charge in [0.25, 0.3) is 0 Å². The smallest absolute Gasteiger partial charge is 0.202 e. The van der Waals surface area contributed by atoms with Gasteiger partial charge in [-0.25, -0.2) is 0 Å². The van der Waals surface area contributed by atoms with E-state index in [4.69, 9.17) is 16.0 Å². The summed E-state index contributed by atoms with van der Waals surface area (Å²) in [6, 6.07) is 17.3. The maximum atomic E-state index is 13.6. The van der Waals surface area contributed by atoms with Crippen LogP contribution in [-0.2, 0) is 0 Å². The van der Waals surface area contributed by atoms with E-state index in [1.807, 2.05) is 50.2 Å². The summed E-state index contributed by atoms with van der Waals surface area (Å²) in [4.78, 5) is 27.3. The summed E-state index contributed by atoms with van der Waals surface area (Å²) in [5.41, 5.74) is 6.76. The minimum Gasteiger partial charge on any atom is -0.440 e. The predicted octanol–water partition coefficient (Wildman–Crippen LogP) is 8.34. The molecule has 3 aromatic carbocycles. The summed E-state index contributed by atoms with van der Waals surface area (Å²) in [6.45, 7) is 12.3. The number of piperidine rings is 1. The first-order valence-electron chi connectivity index (χ1n) is 13.5. The highest BCUT2D eigenvalue weighted by molar-refractivity contribution is 6.33. The molecular formula is C33H35ClN2O3. The number of nitrogens with zero attached hydrogens (tertiary/aromatic N) is 1. The molecule has 6 heteroatoms. The molecule has 1 N–H and O–H groups in total. The Balaban J connectivity index is 1.56. The molecular weight excluding hydrogens is 508 g/mol. The Morgan fingerprint density at radius 3 is 2.49 bits per heavy atom. The summed E-state index contributed by atoms with van der Waals surface area (Å²) in [7, 11) is 0. The van der Waals surface area contributed by atoms with Crippen LogP contribution in [0, 0.1) is 19.3 Å². The van der Waals surface area contributed by atoms with E-state index in [1.54, 1.807) is 12.1 Å². The Hall–Kier alpha value is -3.57. The van der Waals surface area contributed by atoms with Gasteiger partial charge in [0.1, 0.15) is 5.58 Å². The predicted molar refractivity (Wildman–Crippen MR) is 161 cm³/mol. The van der Waals surface area contributed by atoms with Gasteiger partial charge in [-0.2, -0.15) is 0 Å². The minimum atomic E-state index is -0.162. The lowest BCUT2D eigenvalue weighted by atomic mass is 9.82. The van der Waals surface area contributed by atoms with Crippen molar-refractivity contribution in [2.24, 2.45) is 5.41 Å². The summed E-state index contributed by atoms with van der Waals surface area (Å²) >= 11 is 6.18. The molecule has 0 bridgehead atoms. The fraction of sp³-hybridized carbons (Fsp3) is 0.333. The van der Waals surface area contributed by atoms with Crippen LogP contribution >= 0.6 is 11.6 Å². The Bertz CT molecular complexity index is 1610. The number of aldehydes is 1. The van der Waals surface area contributed by atoms with Gasteiger partial charge in [-0.05, 0) is 74.4 Å². The third-order valence-corrected chi connectivity index (χ3v) is 8.31. The number of carbonyl (C=O) groups excluding carboxylic acids is 1. The molecule has 0 radical (unpaired) electrons. The van der Waals surface area contributed by atoms with Crippen LogP contribution in [0.1, 0.15) is 66.7 Å². The molecule has 1 aliphatic heterocycles. The van der Waals surface area contributed by atoms with E-state index in [-0.39, 0.29) is 11.5 Å². The lowest BCUT2D eigenvalue weighted by Crippen LogP contribution is -2.38. The monoisotopic (exact) mass is 542 g/mol. The third kappa shape index (κ3) is 5.33. The van der Waals surface area contributed by atoms with E-state index in [9.17, 15) is 9.59 Å². The number of rotatable bonds is 6. The highest BCUT2D eigenvalue weighted by Gasteiger charge is 2.29. The lowest BCUT2D eigenvalue weighted by molar-refractivity contribution is 0.112. The van der Waals surface area contributed by atoms with Crippen LogP contribution in [0.5, 0.6) is 0 Å². The average molecular weight is 543 g/mol. The van der Waals surface area contributed by atoms with Gasteiger partial charge in [0.15, 0.2) is 11.7 Å². The van der Waals surface area contributed by atoms with Gasteiger partial charge < -0.3 is 14.6 Å². The topological polar surface area (TPSA) is 62.6 Å². The van der Waals surface area contributed by atoms with Crippen molar-refractivity contribution in [3.05, 3.63) is 92.1 Å². The molecule has 0 aliphatic carbocycles. The number of hydrogen-bond acceptors (Lipinski definition) is 5. The van der Waals surface area contributed by atoms with Crippen molar-refractivity contribution in [3.63, 3.8) is 0 Å². The van der Waals surface area contributed by atoms with E-state index < -0.39 is 0 Å². The van der Waals surface area contributed by atoms with E-state index in [2.05, 4.69) is 37.1 Å². The zero-order valence-electron chi connectivity index (χ0n) is 23.2. The Morgan fingerprint density at radius 2 is 1.77 bits per heavy atom. The average Bonchev–Trinajstić information content (AvgIpc) is 2.91. The molecule has 1 atom stereocenters. The minimum absolute atomic E-state index is 0.0243. The number of carbonyl (C=O) groups is 1. The largest absolute Gasteiger partial charge is 0.440 e. The van der Waals surface area contributed by atoms with E-state index in [0.29, 0.717) is 38.4 Å². The summed E-state index contributed by atoms with van der Waals surface area (Å²) in [5, 5.41) is 4.68. The van der Waals surface area contributed by atoms with E-state index >= 15 is 0 Å². The lowest BCUT2D eigenvalue weighted by Gasteiger charge is -2.37. The van der Waals surface area contributed by atoms with Crippen molar-refractivity contribution < 1.29 is 9.21 Å². The van der Waals surface area contributed by atoms with Gasteiger partial charge in [-0.1, -0.05) is 55.8 Å². The molecule has 39 heavy (non-hydrogen) atoms. The molecule has 0 unspecified atom stereocenters. The number of benzene rings is 3. The normalized spacial score (nSPS) is 15.8. The maximum absolute atomic E-state index is 13.6. The number of para-hydroxylation sites is 1. The Kier molecular flexibility index (Phi) is 7.30. The second-order valence-corrected chi connectivity index (χ2v) is 11.9. The van der Waals surface area contributed by atoms with Crippen molar-refractivity contribution in [2.45, 2.75) is 53.5 Å².